The van der Waals surface area contributed by atoms with Crippen molar-refractivity contribution in [2.45, 2.75) is 39.2 Å². The number of ether oxygens (including phenoxy) is 1. The summed E-state index contributed by atoms with van der Waals surface area (Å²) < 4.78 is 69.5. The van der Waals surface area contributed by atoms with E-state index in [4.69, 9.17) is 5.73 Å². The van der Waals surface area contributed by atoms with Crippen molar-refractivity contribution in [3.63, 3.8) is 0 Å². The number of hydrogen-bond acceptors (Lipinski definition) is 3. The van der Waals surface area contributed by atoms with Gasteiger partial charge in [0.25, 0.3) is 0 Å². The molecule has 0 saturated heterocycles. The van der Waals surface area contributed by atoms with Gasteiger partial charge < -0.3 is 15.0 Å². The molecular weight excluding hydrogens is 333 g/mol. The Morgan fingerprint density at radius 1 is 1.25 bits per heavy atom. The van der Waals surface area contributed by atoms with E-state index >= 15 is 0 Å². The van der Waals surface area contributed by atoms with Crippen molar-refractivity contribution in [3.8, 4) is 17.1 Å². The van der Waals surface area contributed by atoms with Crippen LogP contribution in [0.1, 0.15) is 31.1 Å². The van der Waals surface area contributed by atoms with Gasteiger partial charge in [0.15, 0.2) is 5.69 Å². The van der Waals surface area contributed by atoms with Gasteiger partial charge in [0, 0.05) is 29.9 Å². The molecule has 0 amide bonds. The van der Waals surface area contributed by atoms with E-state index < -0.39 is 18.5 Å². The average molecular weight is 349 g/mol. The van der Waals surface area contributed by atoms with Crippen LogP contribution in [0.3, 0.4) is 0 Å². The van der Waals surface area contributed by atoms with Crippen molar-refractivity contribution < 1.29 is 26.7 Å². The van der Waals surface area contributed by atoms with Crippen LogP contribution < -0.4 is 10.5 Å². The summed E-state index contributed by atoms with van der Waals surface area (Å²) in [4.78, 5) is 3.61. The number of alkyl halides is 5. The fourth-order valence-corrected chi connectivity index (χ4v) is 2.21. The molecule has 24 heavy (non-hydrogen) atoms. The van der Waals surface area contributed by atoms with E-state index in [2.05, 4.69) is 9.72 Å². The monoisotopic (exact) mass is 349 g/mol. The van der Waals surface area contributed by atoms with Crippen LogP contribution in [0, 0.1) is 0 Å². The van der Waals surface area contributed by atoms with E-state index in [-0.39, 0.29) is 29.7 Å². The van der Waals surface area contributed by atoms with Crippen LogP contribution in [0.25, 0.3) is 11.4 Å². The highest BCUT2D eigenvalue weighted by Gasteiger charge is 2.35. The van der Waals surface area contributed by atoms with Gasteiger partial charge in [-0.1, -0.05) is 12.1 Å². The minimum absolute atomic E-state index is 0.0139. The second-order valence-corrected chi connectivity index (χ2v) is 5.35. The highest BCUT2D eigenvalue weighted by Crippen LogP contribution is 2.34. The number of hydrogen-bond donors (Lipinski definition) is 1. The first kappa shape index (κ1) is 18.2. The molecular formula is C15H16F5N3O. The quantitative estimate of drug-likeness (QED) is 0.823. The average Bonchev–Trinajstić information content (AvgIpc) is 2.92. The van der Waals surface area contributed by atoms with E-state index in [1.54, 1.807) is 13.8 Å². The highest BCUT2D eigenvalue weighted by atomic mass is 19.4. The number of benzene rings is 1. The molecule has 0 unspecified atom stereocenters. The van der Waals surface area contributed by atoms with Crippen LogP contribution in [0.5, 0.6) is 5.75 Å². The molecule has 2 N–H and O–H groups in total. The maximum absolute atomic E-state index is 12.9. The normalized spacial score (nSPS) is 12.2. The van der Waals surface area contributed by atoms with Gasteiger partial charge in [0.1, 0.15) is 11.6 Å². The Labute approximate surface area is 135 Å². The van der Waals surface area contributed by atoms with Crippen LogP contribution >= 0.6 is 0 Å². The maximum atomic E-state index is 12.9. The number of nitrogens with zero attached hydrogens (tertiary/aromatic N) is 2. The highest BCUT2D eigenvalue weighted by molar-refractivity contribution is 5.60. The van der Waals surface area contributed by atoms with Gasteiger partial charge in [-0.3, -0.25) is 0 Å². The molecule has 0 bridgehead atoms. The molecule has 2 rings (SSSR count). The predicted octanol–water partition coefficient (Wildman–Crippen LogP) is 4.21. The Balaban J connectivity index is 2.56. The number of imidazole rings is 1. The molecule has 0 saturated carbocycles. The van der Waals surface area contributed by atoms with Gasteiger partial charge in [-0.25, -0.2) is 4.98 Å². The molecule has 0 fully saturated rings. The Morgan fingerprint density at radius 3 is 2.42 bits per heavy atom. The maximum Gasteiger partial charge on any atom is 0.434 e. The predicted molar refractivity (Wildman–Crippen MR) is 77.6 cm³/mol. The molecule has 1 heterocycles. The van der Waals surface area contributed by atoms with E-state index in [9.17, 15) is 22.0 Å². The van der Waals surface area contributed by atoms with Gasteiger partial charge in [-0.15, -0.1) is 0 Å². The topological polar surface area (TPSA) is 53.1 Å². The van der Waals surface area contributed by atoms with E-state index in [1.165, 1.54) is 22.8 Å². The second kappa shape index (κ2) is 6.76. The first-order valence-electron chi connectivity index (χ1n) is 7.07. The largest absolute Gasteiger partial charge is 0.434 e. The summed E-state index contributed by atoms with van der Waals surface area (Å²) in [5.74, 6) is -0.170. The smallest absolute Gasteiger partial charge is 0.434 e. The van der Waals surface area contributed by atoms with Gasteiger partial charge in [0.05, 0.1) is 0 Å². The third-order valence-electron chi connectivity index (χ3n) is 3.34. The number of nitrogens with two attached hydrogens (primary N) is 1. The summed E-state index contributed by atoms with van der Waals surface area (Å²) in [7, 11) is 0. The minimum atomic E-state index is -4.60. The van der Waals surface area contributed by atoms with Crippen molar-refractivity contribution in [1.82, 2.24) is 9.55 Å². The van der Waals surface area contributed by atoms with Crippen LogP contribution in [0.15, 0.2) is 24.4 Å². The molecule has 132 valence electrons. The van der Waals surface area contributed by atoms with Crippen LogP contribution in [0.4, 0.5) is 22.0 Å². The van der Waals surface area contributed by atoms with Crippen molar-refractivity contribution in [2.24, 2.45) is 5.73 Å². The molecule has 0 radical (unpaired) electrons. The van der Waals surface area contributed by atoms with E-state index in [0.717, 1.165) is 6.20 Å². The fraction of sp³-hybridized carbons (Fsp3) is 0.400. The zero-order chi connectivity index (χ0) is 18.1. The van der Waals surface area contributed by atoms with Crippen LogP contribution in [0.2, 0.25) is 0 Å². The van der Waals surface area contributed by atoms with Gasteiger partial charge in [-0.2, -0.15) is 22.0 Å². The summed E-state index contributed by atoms with van der Waals surface area (Å²) in [5.41, 5.74) is 4.96. The molecule has 0 aliphatic heterocycles. The summed E-state index contributed by atoms with van der Waals surface area (Å²) >= 11 is 0. The lowest BCUT2D eigenvalue weighted by atomic mass is 10.1. The molecule has 0 atom stereocenters. The van der Waals surface area contributed by atoms with E-state index in [0.29, 0.717) is 5.56 Å². The van der Waals surface area contributed by atoms with Crippen molar-refractivity contribution in [2.75, 3.05) is 0 Å². The molecule has 0 aliphatic rings. The number of halogens is 5. The Kier molecular flexibility index (Phi) is 5.12. The zero-order valence-electron chi connectivity index (χ0n) is 12.9. The SMILES string of the molecule is CC(C)n1cc(C(F)(F)F)nc1-c1ccc(CN)c(OC(F)F)c1. The standard InChI is InChI=1S/C15H16F5N3O/c1-8(2)23-7-12(15(18,19)20)22-13(23)9-3-4-10(6-21)11(5-9)24-14(16)17/h3-5,7-8,14H,6,21H2,1-2H3. The Bertz CT molecular complexity index is 710. The fourth-order valence-electron chi connectivity index (χ4n) is 2.21. The molecule has 1 aromatic carbocycles. The molecule has 4 nitrogen and oxygen atoms in total. The van der Waals surface area contributed by atoms with Gasteiger partial charge in [-0.05, 0) is 19.9 Å². The lowest BCUT2D eigenvalue weighted by Gasteiger charge is -2.14. The molecule has 0 spiro atoms. The second-order valence-electron chi connectivity index (χ2n) is 5.35. The Morgan fingerprint density at radius 2 is 1.92 bits per heavy atom. The third-order valence-corrected chi connectivity index (χ3v) is 3.34. The lowest BCUT2D eigenvalue weighted by Crippen LogP contribution is -2.08. The van der Waals surface area contributed by atoms with Crippen LogP contribution in [-0.2, 0) is 12.7 Å². The van der Waals surface area contributed by atoms with E-state index in [1.807, 2.05) is 0 Å². The molecule has 0 aliphatic carbocycles. The van der Waals surface area contributed by atoms with Crippen molar-refractivity contribution in [1.29, 1.82) is 0 Å². The number of aromatic nitrogens is 2. The first-order valence-corrected chi connectivity index (χ1v) is 7.07. The Hall–Kier alpha value is -2.16. The summed E-state index contributed by atoms with van der Waals surface area (Å²) in [5, 5.41) is 0. The third kappa shape index (κ3) is 3.84. The van der Waals surface area contributed by atoms with Gasteiger partial charge >= 0.3 is 12.8 Å². The summed E-state index contributed by atoms with van der Waals surface area (Å²) in [6.07, 6.45) is -3.71. The zero-order valence-corrected chi connectivity index (χ0v) is 12.9. The summed E-state index contributed by atoms with van der Waals surface area (Å²) in [6.45, 7) is 0.266. The van der Waals surface area contributed by atoms with Crippen molar-refractivity contribution >= 4 is 0 Å². The van der Waals surface area contributed by atoms with Crippen LogP contribution in [-0.4, -0.2) is 16.2 Å². The number of rotatable bonds is 5. The molecule has 9 heteroatoms. The lowest BCUT2D eigenvalue weighted by molar-refractivity contribution is -0.140. The minimum Gasteiger partial charge on any atom is -0.434 e. The van der Waals surface area contributed by atoms with Gasteiger partial charge in [0.2, 0.25) is 0 Å². The first-order chi connectivity index (χ1) is 11.1. The molecule has 2 aromatic rings. The summed E-state index contributed by atoms with van der Waals surface area (Å²) in [6, 6.07) is 3.81. The van der Waals surface area contributed by atoms with Crippen molar-refractivity contribution in [3.05, 3.63) is 35.7 Å². The molecule has 1 aromatic heterocycles.